The van der Waals surface area contributed by atoms with Gasteiger partial charge in [-0.15, -0.1) is 11.8 Å². The van der Waals surface area contributed by atoms with Gasteiger partial charge in [-0.05, 0) is 25.0 Å². The zero-order valence-electron chi connectivity index (χ0n) is 12.0. The van der Waals surface area contributed by atoms with Crippen molar-refractivity contribution in [1.82, 2.24) is 4.98 Å². The summed E-state index contributed by atoms with van der Waals surface area (Å²) < 4.78 is 0. The number of hydrogen-bond donors (Lipinski definition) is 0. The number of thioether (sulfide) groups is 1. The number of aromatic nitrogens is 1. The van der Waals surface area contributed by atoms with Crippen molar-refractivity contribution in [2.75, 3.05) is 0 Å². The Hall–Kier alpha value is -2.10. The molecule has 0 aliphatic rings. The lowest BCUT2D eigenvalue weighted by molar-refractivity contribution is -0.384. The van der Waals surface area contributed by atoms with Gasteiger partial charge < -0.3 is 0 Å². The second-order valence-electron chi connectivity index (χ2n) is 4.64. The second-order valence-corrected chi connectivity index (χ2v) is 5.98. The van der Waals surface area contributed by atoms with Gasteiger partial charge >= 0.3 is 0 Å². The number of nitro groups is 1. The molecule has 0 N–H and O–H groups in total. The van der Waals surface area contributed by atoms with E-state index in [1.807, 2.05) is 0 Å². The van der Waals surface area contributed by atoms with E-state index in [1.165, 1.54) is 23.9 Å². The van der Waals surface area contributed by atoms with Gasteiger partial charge in [0.15, 0.2) is 0 Å². The van der Waals surface area contributed by atoms with Crippen molar-refractivity contribution in [2.45, 2.75) is 24.6 Å². The molecule has 5 nitrogen and oxygen atoms in total. The zero-order valence-corrected chi connectivity index (χ0v) is 13.5. The van der Waals surface area contributed by atoms with Crippen molar-refractivity contribution in [3.63, 3.8) is 0 Å². The molecule has 0 atom stereocenters. The zero-order chi connectivity index (χ0) is 16.3. The number of nitro benzene ring substituents is 1. The normalized spacial score (nSPS) is 10.3. The van der Waals surface area contributed by atoms with E-state index in [2.05, 4.69) is 11.1 Å². The minimum Gasteiger partial charge on any atom is -0.258 e. The fourth-order valence-corrected chi connectivity index (χ4v) is 3.08. The minimum atomic E-state index is -0.432. The highest BCUT2D eigenvalue weighted by molar-refractivity contribution is 7.98. The lowest BCUT2D eigenvalue weighted by Gasteiger charge is -2.09. The van der Waals surface area contributed by atoms with Crippen molar-refractivity contribution < 1.29 is 4.92 Å². The maximum atomic E-state index is 10.6. The molecule has 0 fully saturated rings. The molecular formula is C15H12ClN3O2S. The van der Waals surface area contributed by atoms with Gasteiger partial charge in [-0.25, -0.2) is 4.98 Å². The van der Waals surface area contributed by atoms with E-state index in [9.17, 15) is 15.4 Å². The van der Waals surface area contributed by atoms with Crippen LogP contribution in [0.25, 0.3) is 0 Å². The maximum absolute atomic E-state index is 10.6. The quantitative estimate of drug-likeness (QED) is 0.470. The van der Waals surface area contributed by atoms with Crippen molar-refractivity contribution in [3.8, 4) is 6.07 Å². The molecule has 1 aromatic carbocycles. The number of rotatable bonds is 4. The Morgan fingerprint density at radius 1 is 1.36 bits per heavy atom. The maximum Gasteiger partial charge on any atom is 0.269 e. The molecule has 22 heavy (non-hydrogen) atoms. The Morgan fingerprint density at radius 2 is 2.00 bits per heavy atom. The van der Waals surface area contributed by atoms with Gasteiger partial charge in [0.2, 0.25) is 0 Å². The molecule has 0 spiro atoms. The van der Waals surface area contributed by atoms with Crippen molar-refractivity contribution in [2.24, 2.45) is 0 Å². The second kappa shape index (κ2) is 6.77. The highest BCUT2D eigenvalue weighted by Crippen LogP contribution is 2.31. The first-order valence-corrected chi connectivity index (χ1v) is 7.73. The summed E-state index contributed by atoms with van der Waals surface area (Å²) in [7, 11) is 0. The van der Waals surface area contributed by atoms with Gasteiger partial charge in [0.25, 0.3) is 5.69 Å². The summed E-state index contributed by atoms with van der Waals surface area (Å²) >= 11 is 7.52. The number of nitrogens with zero attached hydrogens (tertiary/aromatic N) is 3. The molecule has 112 valence electrons. The Labute approximate surface area is 137 Å². The van der Waals surface area contributed by atoms with Crippen LogP contribution in [0.2, 0.25) is 5.02 Å². The summed E-state index contributed by atoms with van der Waals surface area (Å²) in [4.78, 5) is 14.6. The summed E-state index contributed by atoms with van der Waals surface area (Å²) in [6.45, 7) is 3.60. The van der Waals surface area contributed by atoms with Crippen molar-refractivity contribution in [3.05, 3.63) is 61.8 Å². The van der Waals surface area contributed by atoms with Crippen LogP contribution in [-0.4, -0.2) is 9.91 Å². The number of halogens is 1. The lowest BCUT2D eigenvalue weighted by atomic mass is 10.1. The third-order valence-corrected chi connectivity index (χ3v) is 4.74. The molecule has 0 unspecified atom stereocenters. The average Bonchev–Trinajstić information content (AvgIpc) is 2.51. The number of non-ortho nitro benzene ring substituents is 1. The molecule has 0 saturated carbocycles. The average molecular weight is 334 g/mol. The monoisotopic (exact) mass is 333 g/mol. The van der Waals surface area contributed by atoms with Crippen LogP contribution in [-0.2, 0) is 5.75 Å². The van der Waals surface area contributed by atoms with Crippen molar-refractivity contribution >= 4 is 29.1 Å². The molecule has 2 aromatic rings. The number of hydrogen-bond acceptors (Lipinski definition) is 5. The molecule has 7 heteroatoms. The molecule has 0 aliphatic heterocycles. The minimum absolute atomic E-state index is 0.0581. The SMILES string of the molecule is Cc1nc(SCc2ccc([N+](=O)[O-])cc2)c(C#N)c(C)c1Cl. The standard InChI is InChI=1S/C15H12ClN3O2S/c1-9-13(7-17)15(18-10(2)14(9)16)22-8-11-3-5-12(6-4-11)19(20)21/h3-6H,8H2,1-2H3. The van der Waals surface area contributed by atoms with Crippen LogP contribution in [0.1, 0.15) is 22.4 Å². The van der Waals surface area contributed by atoms with Crippen LogP contribution >= 0.6 is 23.4 Å². The van der Waals surface area contributed by atoms with Crippen LogP contribution in [0.4, 0.5) is 5.69 Å². The first-order chi connectivity index (χ1) is 10.4. The van der Waals surface area contributed by atoms with Gasteiger partial charge in [-0.3, -0.25) is 10.1 Å². The summed E-state index contributed by atoms with van der Waals surface area (Å²) in [5.41, 5.74) is 2.86. The smallest absolute Gasteiger partial charge is 0.258 e. The molecule has 0 aliphatic carbocycles. The lowest BCUT2D eigenvalue weighted by Crippen LogP contribution is -1.97. The fraction of sp³-hybridized carbons (Fsp3) is 0.200. The predicted octanol–water partition coefficient (Wildman–Crippen LogP) is 4.42. The summed E-state index contributed by atoms with van der Waals surface area (Å²) in [5, 5.41) is 21.0. The number of aryl methyl sites for hydroxylation is 1. The molecule has 0 radical (unpaired) electrons. The first-order valence-electron chi connectivity index (χ1n) is 6.37. The predicted molar refractivity (Wildman–Crippen MR) is 86.1 cm³/mol. The van der Waals surface area contributed by atoms with Gasteiger partial charge in [-0.1, -0.05) is 23.7 Å². The van der Waals surface area contributed by atoms with Gasteiger partial charge in [-0.2, -0.15) is 5.26 Å². The van der Waals surface area contributed by atoms with E-state index < -0.39 is 4.92 Å². The van der Waals surface area contributed by atoms with Gasteiger partial charge in [0.1, 0.15) is 11.1 Å². The third kappa shape index (κ3) is 3.38. The Kier molecular flexibility index (Phi) is 5.01. The highest BCUT2D eigenvalue weighted by Gasteiger charge is 2.14. The Bertz CT molecular complexity index is 770. The van der Waals surface area contributed by atoms with E-state index in [1.54, 1.807) is 26.0 Å². The van der Waals surface area contributed by atoms with Crippen molar-refractivity contribution in [1.29, 1.82) is 5.26 Å². The molecular weight excluding hydrogens is 322 g/mol. The van der Waals surface area contributed by atoms with Crippen LogP contribution in [0.3, 0.4) is 0 Å². The van der Waals surface area contributed by atoms with Crippen LogP contribution in [0.15, 0.2) is 29.3 Å². The summed E-state index contributed by atoms with van der Waals surface area (Å²) in [5.74, 6) is 0.570. The summed E-state index contributed by atoms with van der Waals surface area (Å²) in [6.07, 6.45) is 0. The van der Waals surface area contributed by atoms with E-state index in [4.69, 9.17) is 11.6 Å². The van der Waals surface area contributed by atoms with E-state index >= 15 is 0 Å². The fourth-order valence-electron chi connectivity index (χ4n) is 1.90. The number of pyridine rings is 1. The van der Waals surface area contributed by atoms with E-state index in [0.717, 1.165) is 11.1 Å². The molecule has 2 rings (SSSR count). The van der Waals surface area contributed by atoms with Crippen LogP contribution < -0.4 is 0 Å². The number of nitriles is 1. The van der Waals surface area contributed by atoms with Gasteiger partial charge in [0, 0.05) is 17.9 Å². The van der Waals surface area contributed by atoms with Gasteiger partial charge in [0.05, 0.1) is 21.2 Å². The highest BCUT2D eigenvalue weighted by atomic mass is 35.5. The van der Waals surface area contributed by atoms with Crippen LogP contribution in [0.5, 0.6) is 0 Å². The molecule has 1 heterocycles. The summed E-state index contributed by atoms with van der Waals surface area (Å²) in [6, 6.07) is 8.47. The third-order valence-electron chi connectivity index (χ3n) is 3.14. The van der Waals surface area contributed by atoms with Crippen LogP contribution in [0, 0.1) is 35.3 Å². The van der Waals surface area contributed by atoms with E-state index in [-0.39, 0.29) is 5.69 Å². The molecule has 0 amide bonds. The largest absolute Gasteiger partial charge is 0.269 e. The Morgan fingerprint density at radius 3 is 2.55 bits per heavy atom. The Balaban J connectivity index is 2.22. The van der Waals surface area contributed by atoms with E-state index in [0.29, 0.717) is 27.1 Å². The molecule has 1 aromatic heterocycles. The molecule has 0 bridgehead atoms. The number of benzene rings is 1. The topological polar surface area (TPSA) is 79.8 Å². The first kappa shape index (κ1) is 16.3. The molecule has 0 saturated heterocycles.